The van der Waals surface area contributed by atoms with Gasteiger partial charge in [0, 0.05) is 11.8 Å². The monoisotopic (exact) mass is 332 g/mol. The van der Waals surface area contributed by atoms with E-state index in [0.717, 1.165) is 11.8 Å². The fourth-order valence-electron chi connectivity index (χ4n) is 1.98. The van der Waals surface area contributed by atoms with Crippen LogP contribution < -0.4 is 4.74 Å². The van der Waals surface area contributed by atoms with Crippen LogP contribution in [0, 0.1) is 0 Å². The summed E-state index contributed by atoms with van der Waals surface area (Å²) in [6.07, 6.45) is 4.07. The third-order valence-corrected chi connectivity index (χ3v) is 4.30. The van der Waals surface area contributed by atoms with Gasteiger partial charge in [0.2, 0.25) is 0 Å². The molecule has 23 heavy (non-hydrogen) atoms. The zero-order valence-electron chi connectivity index (χ0n) is 12.7. The number of carbonyl (C=O) groups is 1. The molecule has 0 amide bonds. The number of benzene rings is 2. The number of phenolic OH excluding ortho intramolecular Hbond substituents is 1. The summed E-state index contributed by atoms with van der Waals surface area (Å²) in [6.45, 7) is 0. The van der Waals surface area contributed by atoms with E-state index in [9.17, 15) is 18.3 Å². The van der Waals surface area contributed by atoms with E-state index in [4.69, 9.17) is 4.74 Å². The zero-order chi connectivity index (χ0) is 17.0. The van der Waals surface area contributed by atoms with Crippen LogP contribution in [-0.4, -0.2) is 32.7 Å². The molecular weight excluding hydrogens is 316 g/mol. The van der Waals surface area contributed by atoms with Gasteiger partial charge in [0.15, 0.2) is 15.6 Å². The molecule has 0 fully saturated rings. The van der Waals surface area contributed by atoms with Crippen molar-refractivity contribution in [1.29, 1.82) is 0 Å². The number of ether oxygens (including phenoxy) is 1. The van der Waals surface area contributed by atoms with Gasteiger partial charge in [-0.15, -0.1) is 0 Å². The van der Waals surface area contributed by atoms with Crippen molar-refractivity contribution in [1.82, 2.24) is 0 Å². The van der Waals surface area contributed by atoms with E-state index in [1.807, 2.05) is 0 Å². The van der Waals surface area contributed by atoms with Crippen molar-refractivity contribution in [2.75, 3.05) is 13.4 Å². The smallest absolute Gasteiger partial charge is 0.185 e. The van der Waals surface area contributed by atoms with Crippen LogP contribution in [0.1, 0.15) is 15.9 Å². The Bertz CT molecular complexity index is 849. The summed E-state index contributed by atoms with van der Waals surface area (Å²) in [4.78, 5) is 12.2. The van der Waals surface area contributed by atoms with Gasteiger partial charge in [0.25, 0.3) is 0 Å². The summed E-state index contributed by atoms with van der Waals surface area (Å²) in [6, 6.07) is 10.6. The number of allylic oxidation sites excluding steroid dienone is 1. The van der Waals surface area contributed by atoms with E-state index in [2.05, 4.69) is 0 Å². The first kappa shape index (κ1) is 16.8. The fourth-order valence-corrected chi connectivity index (χ4v) is 2.80. The quantitative estimate of drug-likeness (QED) is 0.672. The standard InChI is InChI=1S/C17H16O5S/c1-22-16-11-13(6-10-17(16)23(2,20)21)15(19)9-5-12-3-7-14(18)8-4-12/h3-11,18H,1-2H3. The van der Waals surface area contributed by atoms with Crippen LogP contribution in [0.15, 0.2) is 53.4 Å². The number of hydrogen-bond acceptors (Lipinski definition) is 5. The van der Waals surface area contributed by atoms with E-state index in [1.165, 1.54) is 43.5 Å². The minimum absolute atomic E-state index is 0.0408. The molecule has 0 aliphatic heterocycles. The van der Waals surface area contributed by atoms with Gasteiger partial charge in [-0.3, -0.25) is 4.79 Å². The maximum Gasteiger partial charge on any atom is 0.185 e. The molecule has 0 bridgehead atoms. The third kappa shape index (κ3) is 4.20. The topological polar surface area (TPSA) is 80.7 Å². The van der Waals surface area contributed by atoms with Gasteiger partial charge < -0.3 is 9.84 Å². The van der Waals surface area contributed by atoms with E-state index in [0.29, 0.717) is 5.56 Å². The highest BCUT2D eigenvalue weighted by Gasteiger charge is 2.16. The van der Waals surface area contributed by atoms with Gasteiger partial charge in [-0.2, -0.15) is 0 Å². The highest BCUT2D eigenvalue weighted by molar-refractivity contribution is 7.90. The Morgan fingerprint density at radius 2 is 1.78 bits per heavy atom. The van der Waals surface area contributed by atoms with E-state index in [1.54, 1.807) is 18.2 Å². The van der Waals surface area contributed by atoms with Crippen LogP contribution in [0.4, 0.5) is 0 Å². The SMILES string of the molecule is COc1cc(C(=O)C=Cc2ccc(O)cc2)ccc1S(C)(=O)=O. The second-order valence-electron chi connectivity index (χ2n) is 4.93. The summed E-state index contributed by atoms with van der Waals surface area (Å²) >= 11 is 0. The van der Waals surface area contributed by atoms with Crippen LogP contribution in [0.3, 0.4) is 0 Å². The second kappa shape index (κ2) is 6.66. The maximum atomic E-state index is 12.2. The summed E-state index contributed by atoms with van der Waals surface area (Å²) < 4.78 is 28.3. The lowest BCUT2D eigenvalue weighted by molar-refractivity contribution is 0.104. The van der Waals surface area contributed by atoms with E-state index in [-0.39, 0.29) is 22.2 Å². The van der Waals surface area contributed by atoms with Gasteiger partial charge in [0.1, 0.15) is 16.4 Å². The van der Waals surface area contributed by atoms with Crippen LogP contribution in [0.2, 0.25) is 0 Å². The predicted octanol–water partition coefficient (Wildman–Crippen LogP) is 2.70. The molecule has 0 atom stereocenters. The van der Waals surface area contributed by atoms with Crippen molar-refractivity contribution < 1.29 is 23.1 Å². The molecule has 5 nitrogen and oxygen atoms in total. The molecule has 0 saturated carbocycles. The number of hydrogen-bond donors (Lipinski definition) is 1. The molecule has 1 N–H and O–H groups in total. The Kier molecular flexibility index (Phi) is 4.86. The molecule has 2 rings (SSSR count). The molecule has 0 radical (unpaired) electrons. The molecule has 120 valence electrons. The number of sulfone groups is 1. The predicted molar refractivity (Wildman–Crippen MR) is 87.6 cm³/mol. The first-order valence-corrected chi connectivity index (χ1v) is 8.60. The van der Waals surface area contributed by atoms with Crippen molar-refractivity contribution in [3.63, 3.8) is 0 Å². The van der Waals surface area contributed by atoms with Crippen LogP contribution in [-0.2, 0) is 9.84 Å². The van der Waals surface area contributed by atoms with Gasteiger partial charge in [-0.05, 0) is 42.0 Å². The Morgan fingerprint density at radius 1 is 1.13 bits per heavy atom. The summed E-state index contributed by atoms with van der Waals surface area (Å²) in [5, 5.41) is 9.21. The average molecular weight is 332 g/mol. The third-order valence-electron chi connectivity index (χ3n) is 3.17. The molecule has 6 heteroatoms. The summed E-state index contributed by atoms with van der Waals surface area (Å²) in [5.41, 5.74) is 1.08. The lowest BCUT2D eigenvalue weighted by Gasteiger charge is -2.07. The van der Waals surface area contributed by atoms with Crippen molar-refractivity contribution in [3.05, 3.63) is 59.7 Å². The number of ketones is 1. The number of carbonyl (C=O) groups excluding carboxylic acids is 1. The van der Waals surface area contributed by atoms with Crippen LogP contribution in [0.25, 0.3) is 6.08 Å². The van der Waals surface area contributed by atoms with E-state index < -0.39 is 9.84 Å². The maximum absolute atomic E-state index is 12.2. The van der Waals surface area contributed by atoms with Crippen LogP contribution >= 0.6 is 0 Å². The van der Waals surface area contributed by atoms with Crippen molar-refractivity contribution in [2.24, 2.45) is 0 Å². The average Bonchev–Trinajstić information content (AvgIpc) is 2.52. The number of rotatable bonds is 5. The molecule has 0 saturated heterocycles. The van der Waals surface area contributed by atoms with Crippen molar-refractivity contribution >= 4 is 21.7 Å². The van der Waals surface area contributed by atoms with Crippen molar-refractivity contribution in [2.45, 2.75) is 4.90 Å². The Labute approximate surface area is 134 Å². The summed E-state index contributed by atoms with van der Waals surface area (Å²) in [5.74, 6) is 0.00221. The largest absolute Gasteiger partial charge is 0.508 e. The molecule has 0 aromatic heterocycles. The lowest BCUT2D eigenvalue weighted by Crippen LogP contribution is -2.03. The van der Waals surface area contributed by atoms with Gasteiger partial charge in [-0.25, -0.2) is 8.42 Å². The van der Waals surface area contributed by atoms with Gasteiger partial charge in [0.05, 0.1) is 7.11 Å². The Balaban J connectivity index is 2.28. The highest BCUT2D eigenvalue weighted by atomic mass is 32.2. The lowest BCUT2D eigenvalue weighted by atomic mass is 10.1. The Hall–Kier alpha value is -2.60. The molecule has 0 heterocycles. The molecule has 2 aromatic carbocycles. The number of phenols is 1. The molecule has 0 spiro atoms. The summed E-state index contributed by atoms with van der Waals surface area (Å²) in [7, 11) is -2.07. The van der Waals surface area contributed by atoms with Gasteiger partial charge >= 0.3 is 0 Å². The zero-order valence-corrected chi connectivity index (χ0v) is 13.5. The first-order chi connectivity index (χ1) is 10.8. The van der Waals surface area contributed by atoms with E-state index >= 15 is 0 Å². The van der Waals surface area contributed by atoms with Crippen LogP contribution in [0.5, 0.6) is 11.5 Å². The van der Waals surface area contributed by atoms with Crippen molar-refractivity contribution in [3.8, 4) is 11.5 Å². The molecule has 0 aliphatic rings. The molecule has 0 aliphatic carbocycles. The molecule has 2 aromatic rings. The normalized spacial score (nSPS) is 11.6. The second-order valence-corrected chi connectivity index (χ2v) is 6.91. The minimum atomic E-state index is -3.43. The highest BCUT2D eigenvalue weighted by Crippen LogP contribution is 2.25. The van der Waals surface area contributed by atoms with Gasteiger partial charge in [-0.1, -0.05) is 18.2 Å². The minimum Gasteiger partial charge on any atom is -0.508 e. The number of aromatic hydroxyl groups is 1. The fraction of sp³-hybridized carbons (Fsp3) is 0.118. The first-order valence-electron chi connectivity index (χ1n) is 6.71. The number of methoxy groups -OCH3 is 1. The molecule has 0 unspecified atom stereocenters. The molecular formula is C17H16O5S. The Morgan fingerprint density at radius 3 is 2.35 bits per heavy atom.